The first-order valence-corrected chi connectivity index (χ1v) is 11.9. The Kier molecular flexibility index (Phi) is 7.85. The van der Waals surface area contributed by atoms with Crippen molar-refractivity contribution in [1.82, 2.24) is 0 Å². The van der Waals surface area contributed by atoms with Gasteiger partial charge >= 0.3 is 10.1 Å². The van der Waals surface area contributed by atoms with Crippen molar-refractivity contribution in [3.05, 3.63) is 92.5 Å². The first-order chi connectivity index (χ1) is 16.6. The molecule has 0 fully saturated rings. The number of benzene rings is 3. The van der Waals surface area contributed by atoms with Crippen molar-refractivity contribution >= 4 is 49.4 Å². The van der Waals surface area contributed by atoms with Crippen molar-refractivity contribution in [3.8, 4) is 17.6 Å². The van der Waals surface area contributed by atoms with Crippen LogP contribution in [-0.2, 0) is 14.9 Å². The second kappa shape index (κ2) is 10.8. The number of hydrogen-bond acceptors (Lipinski definition) is 8. The molecule has 0 unspecified atom stereocenters. The van der Waals surface area contributed by atoms with E-state index in [-0.39, 0.29) is 20.7 Å². The number of hydrogen-bond donors (Lipinski definition) is 1. The largest absolute Gasteiger partial charge is 0.497 e. The van der Waals surface area contributed by atoms with Gasteiger partial charge in [0.05, 0.1) is 16.5 Å². The SMILES string of the molecule is COc1cccc(NC(=O)/C(C#N)=C/c2ccc(OS(=O)(=O)c3cccc([N+](=O)[O-])c3)c(Br)c2)c1. The quantitative estimate of drug-likeness (QED) is 0.138. The van der Waals surface area contributed by atoms with Crippen molar-refractivity contribution in [2.24, 2.45) is 0 Å². The van der Waals surface area contributed by atoms with Gasteiger partial charge in [0.1, 0.15) is 22.3 Å². The molecule has 0 radical (unpaired) electrons. The van der Waals surface area contributed by atoms with Gasteiger partial charge in [-0.1, -0.05) is 18.2 Å². The molecule has 0 saturated heterocycles. The van der Waals surface area contributed by atoms with E-state index in [1.165, 1.54) is 43.5 Å². The number of nitrogens with one attached hydrogen (secondary N) is 1. The van der Waals surface area contributed by atoms with E-state index in [4.69, 9.17) is 8.92 Å². The maximum Gasteiger partial charge on any atom is 0.339 e. The Morgan fingerprint density at radius 1 is 1.14 bits per heavy atom. The van der Waals surface area contributed by atoms with Crippen LogP contribution in [0, 0.1) is 21.4 Å². The number of ether oxygens (including phenoxy) is 1. The van der Waals surface area contributed by atoms with E-state index in [1.54, 1.807) is 24.3 Å². The Morgan fingerprint density at radius 3 is 2.54 bits per heavy atom. The average Bonchev–Trinajstić information content (AvgIpc) is 2.84. The lowest BCUT2D eigenvalue weighted by Crippen LogP contribution is -2.13. The molecule has 3 aromatic carbocycles. The zero-order valence-corrected chi connectivity index (χ0v) is 20.4. The second-order valence-electron chi connectivity index (χ2n) is 6.84. The van der Waals surface area contributed by atoms with Gasteiger partial charge in [-0.25, -0.2) is 0 Å². The van der Waals surface area contributed by atoms with Crippen LogP contribution < -0.4 is 14.2 Å². The molecule has 3 aromatic rings. The Morgan fingerprint density at radius 2 is 1.89 bits per heavy atom. The second-order valence-corrected chi connectivity index (χ2v) is 9.24. The Balaban J connectivity index is 1.81. The minimum atomic E-state index is -4.36. The molecular weight excluding hydrogens is 542 g/mol. The van der Waals surface area contributed by atoms with E-state index in [1.807, 2.05) is 6.07 Å². The van der Waals surface area contributed by atoms with Crippen molar-refractivity contribution in [2.45, 2.75) is 4.90 Å². The summed E-state index contributed by atoms with van der Waals surface area (Å²) in [6, 6.07) is 17.1. The molecule has 0 atom stereocenters. The molecule has 0 bridgehead atoms. The van der Waals surface area contributed by atoms with Crippen molar-refractivity contribution in [2.75, 3.05) is 12.4 Å². The summed E-state index contributed by atoms with van der Waals surface area (Å²) in [6.45, 7) is 0. The van der Waals surface area contributed by atoms with Crippen molar-refractivity contribution in [3.63, 3.8) is 0 Å². The van der Waals surface area contributed by atoms with Gasteiger partial charge in [0.2, 0.25) is 0 Å². The highest BCUT2D eigenvalue weighted by Crippen LogP contribution is 2.30. The molecule has 35 heavy (non-hydrogen) atoms. The molecule has 0 aromatic heterocycles. The lowest BCUT2D eigenvalue weighted by atomic mass is 10.1. The molecule has 10 nitrogen and oxygen atoms in total. The average molecular weight is 558 g/mol. The minimum Gasteiger partial charge on any atom is -0.497 e. The zero-order valence-electron chi connectivity index (χ0n) is 18.0. The predicted molar refractivity (Wildman–Crippen MR) is 130 cm³/mol. The summed E-state index contributed by atoms with van der Waals surface area (Å²) in [5, 5.41) is 23.0. The summed E-state index contributed by atoms with van der Waals surface area (Å²) in [5.74, 6) is -0.205. The van der Waals surface area contributed by atoms with E-state index in [2.05, 4.69) is 21.2 Å². The molecular formula is C23H16BrN3O7S. The van der Waals surface area contributed by atoms with Gasteiger partial charge in [0, 0.05) is 23.9 Å². The number of rotatable bonds is 8. The number of methoxy groups -OCH3 is 1. The van der Waals surface area contributed by atoms with Crippen LogP contribution >= 0.6 is 15.9 Å². The van der Waals surface area contributed by atoms with Crippen LogP contribution in [0.2, 0.25) is 0 Å². The molecule has 3 rings (SSSR count). The van der Waals surface area contributed by atoms with Crippen LogP contribution in [-0.4, -0.2) is 26.4 Å². The van der Waals surface area contributed by atoms with Crippen molar-refractivity contribution in [1.29, 1.82) is 5.26 Å². The fourth-order valence-corrected chi connectivity index (χ4v) is 4.38. The van der Waals surface area contributed by atoms with Crippen LogP contribution in [0.3, 0.4) is 0 Å². The number of halogens is 1. The number of nitro groups is 1. The molecule has 0 saturated carbocycles. The van der Waals surface area contributed by atoms with Crippen LogP contribution in [0.25, 0.3) is 6.08 Å². The highest BCUT2D eigenvalue weighted by molar-refractivity contribution is 9.10. The summed E-state index contributed by atoms with van der Waals surface area (Å²) < 4.78 is 35.6. The number of anilines is 1. The first kappa shape index (κ1) is 25.4. The highest BCUT2D eigenvalue weighted by Gasteiger charge is 2.21. The Labute approximate surface area is 208 Å². The number of nitriles is 1. The van der Waals surface area contributed by atoms with Gasteiger partial charge in [0.25, 0.3) is 11.6 Å². The van der Waals surface area contributed by atoms with E-state index in [0.717, 1.165) is 12.1 Å². The number of carbonyl (C=O) groups is 1. The monoisotopic (exact) mass is 557 g/mol. The molecule has 12 heteroatoms. The Bertz CT molecular complexity index is 1480. The van der Waals surface area contributed by atoms with Gasteiger partial charge in [-0.05, 0) is 57.9 Å². The van der Waals surface area contributed by atoms with Crippen LogP contribution in [0.5, 0.6) is 11.5 Å². The summed E-state index contributed by atoms with van der Waals surface area (Å²) in [5.41, 5.74) is 0.254. The lowest BCUT2D eigenvalue weighted by Gasteiger charge is -2.09. The van der Waals surface area contributed by atoms with E-state index < -0.39 is 26.6 Å². The number of carbonyl (C=O) groups excluding carboxylic acids is 1. The number of amides is 1. The summed E-state index contributed by atoms with van der Waals surface area (Å²) in [6.07, 6.45) is 1.32. The molecule has 0 spiro atoms. The van der Waals surface area contributed by atoms with Gasteiger partial charge in [-0.3, -0.25) is 14.9 Å². The summed E-state index contributed by atoms with van der Waals surface area (Å²) in [7, 11) is -2.87. The third kappa shape index (κ3) is 6.44. The van der Waals surface area contributed by atoms with Crippen molar-refractivity contribution < 1.29 is 27.1 Å². The molecule has 1 amide bonds. The lowest BCUT2D eigenvalue weighted by molar-refractivity contribution is -0.385. The topological polar surface area (TPSA) is 149 Å². The third-order valence-corrected chi connectivity index (χ3v) is 6.33. The molecule has 0 aliphatic rings. The van der Waals surface area contributed by atoms with Gasteiger partial charge in [0.15, 0.2) is 5.75 Å². The van der Waals surface area contributed by atoms with Crippen LogP contribution in [0.1, 0.15) is 5.56 Å². The van der Waals surface area contributed by atoms with E-state index in [0.29, 0.717) is 17.0 Å². The fraction of sp³-hybridized carbons (Fsp3) is 0.0435. The number of non-ortho nitro benzene ring substituents is 1. The van der Waals surface area contributed by atoms with E-state index >= 15 is 0 Å². The summed E-state index contributed by atoms with van der Waals surface area (Å²) in [4.78, 5) is 22.3. The standard InChI is InChI=1S/C23H16BrN3O7S/c1-33-19-6-2-4-17(12-19)26-23(28)16(14-25)10-15-8-9-22(21(24)11-15)34-35(31,32)20-7-3-5-18(13-20)27(29)30/h2-13H,1H3,(H,26,28)/b16-10+. The van der Waals surface area contributed by atoms with Crippen LogP contribution in [0.15, 0.2) is 81.7 Å². The first-order valence-electron chi connectivity index (χ1n) is 9.68. The molecule has 0 heterocycles. The Hall–Kier alpha value is -4.21. The highest BCUT2D eigenvalue weighted by atomic mass is 79.9. The maximum atomic E-state index is 12.6. The number of nitrogens with zero attached hydrogens (tertiary/aromatic N) is 2. The van der Waals surface area contributed by atoms with Gasteiger partial charge in [-0.15, -0.1) is 0 Å². The maximum absolute atomic E-state index is 12.6. The summed E-state index contributed by atoms with van der Waals surface area (Å²) >= 11 is 3.20. The molecule has 0 aliphatic heterocycles. The minimum absolute atomic E-state index is 0.0898. The molecule has 178 valence electrons. The predicted octanol–water partition coefficient (Wildman–Crippen LogP) is 4.68. The smallest absolute Gasteiger partial charge is 0.339 e. The number of nitro benzene ring substituents is 1. The third-order valence-electron chi connectivity index (χ3n) is 4.48. The molecule has 0 aliphatic carbocycles. The van der Waals surface area contributed by atoms with Crippen LogP contribution in [0.4, 0.5) is 11.4 Å². The van der Waals surface area contributed by atoms with Gasteiger partial charge in [-0.2, -0.15) is 13.7 Å². The molecule has 1 N–H and O–H groups in total. The van der Waals surface area contributed by atoms with Gasteiger partial charge < -0.3 is 14.2 Å². The fourth-order valence-electron chi connectivity index (χ4n) is 2.81. The zero-order chi connectivity index (χ0) is 25.6. The normalized spacial score (nSPS) is 11.3. The van der Waals surface area contributed by atoms with E-state index in [9.17, 15) is 28.6 Å².